The van der Waals surface area contributed by atoms with Crippen LogP contribution in [0.2, 0.25) is 0 Å². The van der Waals surface area contributed by atoms with Crippen molar-refractivity contribution in [1.29, 1.82) is 0 Å². The molecule has 98 valence electrons. The maximum Gasteiger partial charge on any atom is 0.207 e. The van der Waals surface area contributed by atoms with Crippen LogP contribution in [0.4, 0.5) is 5.95 Å². The van der Waals surface area contributed by atoms with Gasteiger partial charge in [-0.2, -0.15) is 5.10 Å². The topological polar surface area (TPSA) is 47.7 Å². The zero-order valence-corrected chi connectivity index (χ0v) is 11.7. The van der Waals surface area contributed by atoms with E-state index in [0.717, 1.165) is 17.3 Å². The average Bonchev–Trinajstić information content (AvgIpc) is 2.83. The molecular formula is C13H21N5. The van der Waals surface area contributed by atoms with Crippen LogP contribution in [0.1, 0.15) is 39.3 Å². The van der Waals surface area contributed by atoms with Gasteiger partial charge in [-0.15, -0.1) is 0 Å². The van der Waals surface area contributed by atoms with Crippen LogP contribution in [0, 0.1) is 0 Å². The summed E-state index contributed by atoms with van der Waals surface area (Å²) < 4.78 is 3.91. The number of imidazole rings is 1. The van der Waals surface area contributed by atoms with Gasteiger partial charge in [-0.05, 0) is 19.8 Å². The van der Waals surface area contributed by atoms with E-state index in [4.69, 9.17) is 0 Å². The Labute approximate surface area is 108 Å². The lowest BCUT2D eigenvalue weighted by Crippen LogP contribution is -2.14. The van der Waals surface area contributed by atoms with Crippen LogP contribution in [0.3, 0.4) is 0 Å². The molecular weight excluding hydrogens is 226 g/mol. The highest BCUT2D eigenvalue weighted by Crippen LogP contribution is 2.24. The van der Waals surface area contributed by atoms with E-state index in [2.05, 4.69) is 47.7 Å². The number of aromatic nitrogens is 4. The molecule has 5 heteroatoms. The molecule has 0 fully saturated rings. The molecule has 0 atom stereocenters. The molecule has 0 aromatic carbocycles. The zero-order chi connectivity index (χ0) is 13.3. The van der Waals surface area contributed by atoms with Crippen molar-refractivity contribution in [2.24, 2.45) is 7.05 Å². The molecule has 2 heterocycles. The molecule has 0 bridgehead atoms. The van der Waals surface area contributed by atoms with Crippen molar-refractivity contribution in [2.45, 2.75) is 39.7 Å². The van der Waals surface area contributed by atoms with Gasteiger partial charge in [0.25, 0.3) is 0 Å². The number of nitrogens with one attached hydrogen (secondary N) is 1. The second kappa shape index (κ2) is 4.84. The Hall–Kier alpha value is -1.78. The number of hydrogen-bond donors (Lipinski definition) is 1. The van der Waals surface area contributed by atoms with Crippen LogP contribution >= 0.6 is 0 Å². The lowest BCUT2D eigenvalue weighted by molar-refractivity contribution is 0.712. The Kier molecular flexibility index (Phi) is 3.41. The molecule has 0 unspecified atom stereocenters. The van der Waals surface area contributed by atoms with Gasteiger partial charge in [0.1, 0.15) is 0 Å². The van der Waals surface area contributed by atoms with Gasteiger partial charge in [-0.25, -0.2) is 4.98 Å². The molecule has 2 aromatic heterocycles. The van der Waals surface area contributed by atoms with Gasteiger partial charge in [0.05, 0.1) is 11.4 Å². The fourth-order valence-corrected chi connectivity index (χ4v) is 1.95. The summed E-state index contributed by atoms with van der Waals surface area (Å²) in [5, 5.41) is 7.87. The predicted octanol–water partition coefficient (Wildman–Crippen LogP) is 2.55. The molecule has 5 nitrogen and oxygen atoms in total. The average molecular weight is 247 g/mol. The van der Waals surface area contributed by atoms with Gasteiger partial charge >= 0.3 is 0 Å². The summed E-state index contributed by atoms with van der Waals surface area (Å²) in [4.78, 5) is 4.36. The molecule has 0 aliphatic carbocycles. The molecule has 0 spiro atoms. The first-order chi connectivity index (χ1) is 8.49. The first-order valence-corrected chi connectivity index (χ1v) is 6.32. The fourth-order valence-electron chi connectivity index (χ4n) is 1.95. The molecule has 0 saturated carbocycles. The van der Waals surface area contributed by atoms with Crippen molar-refractivity contribution in [3.05, 3.63) is 24.3 Å². The molecule has 2 rings (SSSR count). The van der Waals surface area contributed by atoms with Crippen LogP contribution in [-0.2, 0) is 7.05 Å². The van der Waals surface area contributed by atoms with Crippen LogP contribution in [-0.4, -0.2) is 25.4 Å². The molecule has 0 saturated heterocycles. The summed E-state index contributed by atoms with van der Waals surface area (Å²) >= 11 is 0. The largest absolute Gasteiger partial charge is 0.353 e. The van der Waals surface area contributed by atoms with Crippen LogP contribution in [0.5, 0.6) is 0 Å². The molecule has 2 aromatic rings. The third kappa shape index (κ3) is 2.39. The van der Waals surface area contributed by atoms with E-state index in [-0.39, 0.29) is 0 Å². The van der Waals surface area contributed by atoms with Gasteiger partial charge in [-0.1, -0.05) is 13.8 Å². The summed E-state index contributed by atoms with van der Waals surface area (Å²) in [6.07, 6.45) is 5.80. The molecule has 0 aliphatic rings. The number of aryl methyl sites for hydroxylation is 1. The van der Waals surface area contributed by atoms with E-state index in [1.807, 2.05) is 30.3 Å². The standard InChI is InChI=1S/C13H21N5/c1-9(2)12-11(8-17(5)16-12)18-7-6-14-13(18)15-10(3)4/h6-10H,1-5H3,(H,14,15). The molecule has 18 heavy (non-hydrogen) atoms. The van der Waals surface area contributed by atoms with Gasteiger partial charge in [0.15, 0.2) is 0 Å². The summed E-state index contributed by atoms with van der Waals surface area (Å²) in [6.45, 7) is 8.51. The Morgan fingerprint density at radius 2 is 1.94 bits per heavy atom. The normalized spacial score (nSPS) is 11.5. The highest BCUT2D eigenvalue weighted by Gasteiger charge is 2.15. The van der Waals surface area contributed by atoms with Crippen molar-refractivity contribution in [1.82, 2.24) is 19.3 Å². The highest BCUT2D eigenvalue weighted by molar-refractivity contribution is 5.45. The number of hydrogen-bond acceptors (Lipinski definition) is 3. The second-order valence-electron chi connectivity index (χ2n) is 5.15. The highest BCUT2D eigenvalue weighted by atomic mass is 15.3. The maximum absolute atomic E-state index is 4.53. The Bertz CT molecular complexity index is 521. The summed E-state index contributed by atoms with van der Waals surface area (Å²) in [6, 6.07) is 0.352. The summed E-state index contributed by atoms with van der Waals surface area (Å²) in [5.74, 6) is 1.25. The zero-order valence-electron chi connectivity index (χ0n) is 11.7. The minimum Gasteiger partial charge on any atom is -0.353 e. The van der Waals surface area contributed by atoms with Gasteiger partial charge in [0, 0.05) is 31.7 Å². The molecule has 0 amide bonds. The van der Waals surface area contributed by atoms with Crippen LogP contribution in [0.25, 0.3) is 5.69 Å². The minimum atomic E-state index is 0.352. The number of anilines is 1. The smallest absolute Gasteiger partial charge is 0.207 e. The molecule has 0 radical (unpaired) electrons. The summed E-state index contributed by atoms with van der Waals surface area (Å²) in [5.41, 5.74) is 2.18. The first kappa shape index (κ1) is 12.7. The van der Waals surface area contributed by atoms with Crippen molar-refractivity contribution < 1.29 is 0 Å². The lowest BCUT2D eigenvalue weighted by Gasteiger charge is -2.12. The van der Waals surface area contributed by atoms with Crippen molar-refractivity contribution in [3.8, 4) is 5.69 Å². The first-order valence-electron chi connectivity index (χ1n) is 6.32. The third-order valence-electron chi connectivity index (χ3n) is 2.70. The van der Waals surface area contributed by atoms with Crippen molar-refractivity contribution in [3.63, 3.8) is 0 Å². The summed E-state index contributed by atoms with van der Waals surface area (Å²) in [7, 11) is 1.95. The molecule has 1 N–H and O–H groups in total. The van der Waals surface area contributed by atoms with Crippen LogP contribution < -0.4 is 5.32 Å². The maximum atomic E-state index is 4.53. The number of rotatable bonds is 4. The quantitative estimate of drug-likeness (QED) is 0.903. The lowest BCUT2D eigenvalue weighted by atomic mass is 10.1. The van der Waals surface area contributed by atoms with Gasteiger partial charge in [-0.3, -0.25) is 9.25 Å². The van der Waals surface area contributed by atoms with Crippen molar-refractivity contribution >= 4 is 5.95 Å². The van der Waals surface area contributed by atoms with E-state index in [1.54, 1.807) is 0 Å². The van der Waals surface area contributed by atoms with E-state index in [0.29, 0.717) is 12.0 Å². The Balaban J connectivity index is 2.45. The third-order valence-corrected chi connectivity index (χ3v) is 2.70. The Morgan fingerprint density at radius 3 is 2.56 bits per heavy atom. The number of nitrogens with zero attached hydrogens (tertiary/aromatic N) is 4. The SMILES string of the molecule is CC(C)Nc1nccn1-c1cn(C)nc1C(C)C. The Morgan fingerprint density at radius 1 is 1.22 bits per heavy atom. The van der Waals surface area contributed by atoms with E-state index < -0.39 is 0 Å². The van der Waals surface area contributed by atoms with Gasteiger partial charge in [0.2, 0.25) is 5.95 Å². The van der Waals surface area contributed by atoms with Crippen LogP contribution in [0.15, 0.2) is 18.6 Å². The van der Waals surface area contributed by atoms with E-state index in [9.17, 15) is 0 Å². The van der Waals surface area contributed by atoms with E-state index in [1.165, 1.54) is 0 Å². The van der Waals surface area contributed by atoms with E-state index >= 15 is 0 Å². The second-order valence-corrected chi connectivity index (χ2v) is 5.15. The minimum absolute atomic E-state index is 0.352. The molecule has 0 aliphatic heterocycles. The van der Waals surface area contributed by atoms with Crippen molar-refractivity contribution in [2.75, 3.05) is 5.32 Å². The van der Waals surface area contributed by atoms with Gasteiger partial charge < -0.3 is 5.32 Å². The monoisotopic (exact) mass is 247 g/mol. The fraction of sp³-hybridized carbons (Fsp3) is 0.538. The predicted molar refractivity (Wildman–Crippen MR) is 73.2 cm³/mol.